The van der Waals surface area contributed by atoms with E-state index in [4.69, 9.17) is 14.2 Å². The molecule has 2 aromatic rings. The molecule has 1 fully saturated rings. The molecule has 8 heteroatoms. The van der Waals surface area contributed by atoms with E-state index in [2.05, 4.69) is 29.3 Å². The van der Waals surface area contributed by atoms with Gasteiger partial charge in [-0.2, -0.15) is 0 Å². The van der Waals surface area contributed by atoms with Gasteiger partial charge in [0.15, 0.2) is 11.5 Å². The van der Waals surface area contributed by atoms with Crippen LogP contribution in [0.4, 0.5) is 0 Å². The smallest absolute Gasteiger partial charge is 0.253 e. The maximum Gasteiger partial charge on any atom is 0.253 e. The summed E-state index contributed by atoms with van der Waals surface area (Å²) in [5.41, 5.74) is 3.10. The lowest BCUT2D eigenvalue weighted by atomic mass is 9.81. The molecule has 2 N–H and O–H groups in total. The molecular weight excluding hydrogens is 446 g/mol. The minimum Gasteiger partial charge on any atom is -0.493 e. The number of hydrogen-bond donors (Lipinski definition) is 2. The first-order valence-electron chi connectivity index (χ1n) is 12.3. The molecular formula is C27H37N3O5. The Morgan fingerprint density at radius 3 is 2.40 bits per heavy atom. The minimum atomic E-state index is -0.806. The number of methoxy groups -OCH3 is 1. The van der Waals surface area contributed by atoms with Crippen molar-refractivity contribution in [2.45, 2.75) is 71.8 Å². The Kier molecular flexibility index (Phi) is 6.86. The first kappa shape index (κ1) is 25.1. The zero-order valence-corrected chi connectivity index (χ0v) is 21.8. The third kappa shape index (κ3) is 4.76. The van der Waals surface area contributed by atoms with Crippen LogP contribution in [0.1, 0.15) is 65.3 Å². The van der Waals surface area contributed by atoms with Crippen LogP contribution in [0, 0.1) is 26.7 Å². The highest BCUT2D eigenvalue weighted by molar-refractivity contribution is 5.97. The van der Waals surface area contributed by atoms with Gasteiger partial charge in [-0.25, -0.2) is 0 Å². The second-order valence-electron chi connectivity index (χ2n) is 10.2. The third-order valence-corrected chi connectivity index (χ3v) is 7.61. The molecule has 1 saturated carbocycles. The van der Waals surface area contributed by atoms with Gasteiger partial charge in [-0.05, 0) is 78.2 Å². The molecule has 1 atom stereocenters. The van der Waals surface area contributed by atoms with Crippen LogP contribution < -0.4 is 25.1 Å². The van der Waals surface area contributed by atoms with Crippen LogP contribution in [0.3, 0.4) is 0 Å². The summed E-state index contributed by atoms with van der Waals surface area (Å²) < 4.78 is 18.5. The van der Waals surface area contributed by atoms with E-state index in [1.54, 1.807) is 13.2 Å². The molecule has 4 rings (SSSR count). The number of carbonyl (C=O) groups is 1. The van der Waals surface area contributed by atoms with Gasteiger partial charge in [0.25, 0.3) is 17.3 Å². The number of carbonyl (C=O) groups excluding carboxylic acids is 1. The van der Waals surface area contributed by atoms with E-state index >= 15 is 0 Å². The standard InChI is InChI=1S/C27H37N3O5/c1-15-12-16(2)29-26(32)21(15)14-28-25(31)20-13-22(33-7)24-23(17(20)3)34-27(4,35-24)18-8-10-19(11-9-18)30(5)6/h12-13,18-19H,8-11,14H2,1-7H3,(H,28,31)(H,29,32). The van der Waals surface area contributed by atoms with E-state index in [0.717, 1.165) is 36.9 Å². The van der Waals surface area contributed by atoms with Gasteiger partial charge in [0.1, 0.15) is 0 Å². The van der Waals surface area contributed by atoms with E-state index in [-0.39, 0.29) is 23.9 Å². The monoisotopic (exact) mass is 483 g/mol. The summed E-state index contributed by atoms with van der Waals surface area (Å²) in [5.74, 6) is 0.695. The predicted molar refractivity (Wildman–Crippen MR) is 135 cm³/mol. The Morgan fingerprint density at radius 2 is 1.80 bits per heavy atom. The average Bonchev–Trinajstić information content (AvgIpc) is 3.18. The molecule has 0 bridgehead atoms. The number of ether oxygens (including phenoxy) is 3. The fourth-order valence-electron chi connectivity index (χ4n) is 5.39. The molecule has 0 spiro atoms. The highest BCUT2D eigenvalue weighted by atomic mass is 16.7. The van der Waals surface area contributed by atoms with Crippen molar-refractivity contribution in [1.29, 1.82) is 0 Å². The lowest BCUT2D eigenvalue weighted by Crippen LogP contribution is -2.46. The van der Waals surface area contributed by atoms with E-state index in [0.29, 0.717) is 40.0 Å². The molecule has 8 nitrogen and oxygen atoms in total. The van der Waals surface area contributed by atoms with Crippen LogP contribution in [0.15, 0.2) is 16.9 Å². The van der Waals surface area contributed by atoms with E-state index in [1.807, 2.05) is 33.8 Å². The number of nitrogens with zero attached hydrogens (tertiary/aromatic N) is 1. The largest absolute Gasteiger partial charge is 0.493 e. The Morgan fingerprint density at radius 1 is 1.14 bits per heavy atom. The number of pyridine rings is 1. The summed E-state index contributed by atoms with van der Waals surface area (Å²) in [6.45, 7) is 7.67. The summed E-state index contributed by atoms with van der Waals surface area (Å²) in [6, 6.07) is 4.16. The van der Waals surface area contributed by atoms with E-state index in [9.17, 15) is 9.59 Å². The first-order valence-corrected chi connectivity index (χ1v) is 12.3. The van der Waals surface area contributed by atoms with Crippen molar-refractivity contribution < 1.29 is 19.0 Å². The summed E-state index contributed by atoms with van der Waals surface area (Å²) in [4.78, 5) is 30.6. The number of rotatable bonds is 6. The summed E-state index contributed by atoms with van der Waals surface area (Å²) in [5, 5.41) is 2.88. The van der Waals surface area contributed by atoms with Gasteiger partial charge in [0, 0.05) is 47.8 Å². The Balaban J connectivity index is 1.55. The molecule has 2 heterocycles. The number of aromatic amines is 1. The van der Waals surface area contributed by atoms with Crippen LogP contribution in [-0.4, -0.2) is 48.8 Å². The number of aryl methyl sites for hydroxylation is 2. The summed E-state index contributed by atoms with van der Waals surface area (Å²) >= 11 is 0. The topological polar surface area (TPSA) is 92.9 Å². The lowest BCUT2D eigenvalue weighted by Gasteiger charge is -2.39. The number of fused-ring (bicyclic) bond motifs is 1. The zero-order chi connectivity index (χ0) is 25.5. The fraction of sp³-hybridized carbons (Fsp3) is 0.556. The average molecular weight is 484 g/mol. The molecule has 1 amide bonds. The molecule has 190 valence electrons. The van der Waals surface area contributed by atoms with Gasteiger partial charge in [0.05, 0.1) is 7.11 Å². The maximum atomic E-state index is 13.2. The van der Waals surface area contributed by atoms with Gasteiger partial charge in [-0.3, -0.25) is 9.59 Å². The first-order chi connectivity index (χ1) is 16.5. The van der Waals surface area contributed by atoms with Crippen LogP contribution in [0.2, 0.25) is 0 Å². The molecule has 35 heavy (non-hydrogen) atoms. The van der Waals surface area contributed by atoms with Crippen molar-refractivity contribution in [1.82, 2.24) is 15.2 Å². The van der Waals surface area contributed by atoms with Gasteiger partial charge in [-0.1, -0.05) is 0 Å². The van der Waals surface area contributed by atoms with Crippen molar-refractivity contribution in [2.75, 3.05) is 21.2 Å². The maximum absolute atomic E-state index is 13.2. The Hall–Kier alpha value is -3.00. The molecule has 1 aromatic carbocycles. The highest BCUT2D eigenvalue weighted by Crippen LogP contribution is 2.52. The molecule has 0 saturated heterocycles. The predicted octanol–water partition coefficient (Wildman–Crippen LogP) is 3.85. The van der Waals surface area contributed by atoms with Crippen molar-refractivity contribution in [2.24, 2.45) is 5.92 Å². The SMILES string of the molecule is COc1cc(C(=O)NCc2c(C)cc(C)[nH]c2=O)c(C)c2c1OC(C)(C1CCC(N(C)C)CC1)O2. The van der Waals surface area contributed by atoms with Crippen molar-refractivity contribution in [3.05, 3.63) is 50.4 Å². The number of amides is 1. The Bertz CT molecular complexity index is 1180. The second-order valence-corrected chi connectivity index (χ2v) is 10.2. The van der Waals surface area contributed by atoms with Crippen LogP contribution in [-0.2, 0) is 6.54 Å². The van der Waals surface area contributed by atoms with Gasteiger partial charge in [-0.15, -0.1) is 0 Å². The highest BCUT2D eigenvalue weighted by Gasteiger charge is 2.48. The quantitative estimate of drug-likeness (QED) is 0.649. The number of aromatic nitrogens is 1. The van der Waals surface area contributed by atoms with Gasteiger partial charge >= 0.3 is 0 Å². The molecule has 1 aliphatic carbocycles. The second kappa shape index (κ2) is 9.57. The number of H-pyrrole nitrogens is 1. The van der Waals surface area contributed by atoms with Crippen molar-refractivity contribution >= 4 is 5.91 Å². The fourth-order valence-corrected chi connectivity index (χ4v) is 5.39. The zero-order valence-electron chi connectivity index (χ0n) is 21.8. The Labute approximate surface area is 207 Å². The van der Waals surface area contributed by atoms with Crippen LogP contribution in [0.25, 0.3) is 0 Å². The van der Waals surface area contributed by atoms with E-state index < -0.39 is 5.79 Å². The van der Waals surface area contributed by atoms with Crippen LogP contribution in [0.5, 0.6) is 17.2 Å². The molecule has 1 unspecified atom stereocenters. The van der Waals surface area contributed by atoms with Gasteiger partial charge in [0.2, 0.25) is 5.75 Å². The summed E-state index contributed by atoms with van der Waals surface area (Å²) in [7, 11) is 5.81. The lowest BCUT2D eigenvalue weighted by molar-refractivity contribution is -0.123. The number of benzene rings is 1. The molecule has 1 aliphatic heterocycles. The number of nitrogens with one attached hydrogen (secondary N) is 2. The molecule has 2 aliphatic rings. The van der Waals surface area contributed by atoms with Crippen molar-refractivity contribution in [3.63, 3.8) is 0 Å². The minimum absolute atomic E-state index is 0.128. The summed E-state index contributed by atoms with van der Waals surface area (Å²) in [6.07, 6.45) is 4.20. The normalized spacial score (nSPS) is 23.4. The van der Waals surface area contributed by atoms with Crippen LogP contribution >= 0.6 is 0 Å². The van der Waals surface area contributed by atoms with E-state index in [1.165, 1.54) is 0 Å². The third-order valence-electron chi connectivity index (χ3n) is 7.61. The van der Waals surface area contributed by atoms with Gasteiger partial charge < -0.3 is 29.4 Å². The molecule has 1 aromatic heterocycles. The molecule has 0 radical (unpaired) electrons. The van der Waals surface area contributed by atoms with Crippen molar-refractivity contribution in [3.8, 4) is 17.2 Å². The number of hydrogen-bond acceptors (Lipinski definition) is 6.